The van der Waals surface area contributed by atoms with Crippen molar-refractivity contribution >= 4 is 11.8 Å². The maximum atomic E-state index is 3.16. The van der Waals surface area contributed by atoms with Gasteiger partial charge in [-0.25, -0.2) is 0 Å². The normalized spacial score (nSPS) is 10.6. The summed E-state index contributed by atoms with van der Waals surface area (Å²) >= 11 is 1.83. The molecular formula is C16H19NS. The van der Waals surface area contributed by atoms with Gasteiger partial charge in [0.05, 0.1) is 0 Å². The van der Waals surface area contributed by atoms with Crippen LogP contribution in [0.3, 0.4) is 0 Å². The van der Waals surface area contributed by atoms with Crippen LogP contribution in [0, 0.1) is 13.8 Å². The van der Waals surface area contributed by atoms with E-state index in [0.717, 1.165) is 6.54 Å². The summed E-state index contributed by atoms with van der Waals surface area (Å²) in [5.41, 5.74) is 3.99. The maximum Gasteiger partial charge on any atom is 0.0202 e. The molecule has 0 heterocycles. The fourth-order valence-corrected chi connectivity index (χ4v) is 2.80. The fraction of sp³-hybridized carbons (Fsp3) is 0.250. The Kier molecular flexibility index (Phi) is 4.45. The van der Waals surface area contributed by atoms with E-state index < -0.39 is 0 Å². The standard InChI is InChI=1S/C16H19NS/c1-12-4-9-16(13(2)10-12)18-15-7-5-14(6-8-15)11-17-3/h4-10,17H,11H2,1-3H3. The van der Waals surface area contributed by atoms with Crippen molar-refractivity contribution in [1.29, 1.82) is 0 Å². The number of benzene rings is 2. The van der Waals surface area contributed by atoms with Gasteiger partial charge in [0.2, 0.25) is 0 Å². The maximum absolute atomic E-state index is 3.16. The van der Waals surface area contributed by atoms with Crippen molar-refractivity contribution in [2.24, 2.45) is 0 Å². The first-order valence-corrected chi connectivity index (χ1v) is 6.99. The summed E-state index contributed by atoms with van der Waals surface area (Å²) in [5, 5.41) is 3.16. The van der Waals surface area contributed by atoms with Crippen molar-refractivity contribution in [3.05, 3.63) is 59.2 Å². The molecule has 0 amide bonds. The lowest BCUT2D eigenvalue weighted by Gasteiger charge is -2.07. The Morgan fingerprint density at radius 3 is 2.33 bits per heavy atom. The van der Waals surface area contributed by atoms with Crippen LogP contribution < -0.4 is 5.32 Å². The van der Waals surface area contributed by atoms with Crippen molar-refractivity contribution in [3.8, 4) is 0 Å². The number of hydrogen-bond donors (Lipinski definition) is 1. The van der Waals surface area contributed by atoms with E-state index in [1.54, 1.807) is 0 Å². The van der Waals surface area contributed by atoms with Crippen LogP contribution in [0.1, 0.15) is 16.7 Å². The first-order chi connectivity index (χ1) is 8.69. The van der Waals surface area contributed by atoms with E-state index in [-0.39, 0.29) is 0 Å². The Balaban J connectivity index is 2.13. The van der Waals surface area contributed by atoms with Gasteiger partial charge in [-0.15, -0.1) is 0 Å². The zero-order valence-electron chi connectivity index (χ0n) is 11.2. The second-order valence-electron chi connectivity index (χ2n) is 4.55. The van der Waals surface area contributed by atoms with Gasteiger partial charge < -0.3 is 5.32 Å². The van der Waals surface area contributed by atoms with Crippen molar-refractivity contribution in [2.45, 2.75) is 30.2 Å². The molecule has 0 aromatic heterocycles. The molecule has 2 aromatic carbocycles. The molecule has 0 radical (unpaired) electrons. The third-order valence-electron chi connectivity index (χ3n) is 2.86. The molecule has 2 heteroatoms. The van der Waals surface area contributed by atoms with Crippen LogP contribution in [-0.4, -0.2) is 7.05 Å². The highest BCUT2D eigenvalue weighted by Crippen LogP contribution is 2.30. The molecule has 0 aliphatic rings. The molecule has 0 saturated carbocycles. The summed E-state index contributed by atoms with van der Waals surface area (Å²) in [5.74, 6) is 0. The van der Waals surface area contributed by atoms with Crippen LogP contribution in [0.5, 0.6) is 0 Å². The van der Waals surface area contributed by atoms with Crippen LogP contribution in [0.15, 0.2) is 52.3 Å². The molecule has 2 aromatic rings. The lowest BCUT2D eigenvalue weighted by Crippen LogP contribution is -2.04. The van der Waals surface area contributed by atoms with Gasteiger partial charge in [-0.05, 0) is 50.2 Å². The summed E-state index contributed by atoms with van der Waals surface area (Å²) < 4.78 is 0. The Bertz CT molecular complexity index is 517. The Hall–Kier alpha value is -1.25. The average molecular weight is 257 g/mol. The monoisotopic (exact) mass is 257 g/mol. The molecule has 0 unspecified atom stereocenters. The van der Waals surface area contributed by atoms with Crippen LogP contribution in [0.25, 0.3) is 0 Å². The molecule has 94 valence electrons. The molecular weight excluding hydrogens is 238 g/mol. The Morgan fingerprint density at radius 1 is 1.00 bits per heavy atom. The summed E-state index contributed by atoms with van der Waals surface area (Å²) in [4.78, 5) is 2.63. The van der Waals surface area contributed by atoms with Gasteiger partial charge in [0.15, 0.2) is 0 Å². The second kappa shape index (κ2) is 6.07. The third-order valence-corrected chi connectivity index (χ3v) is 4.05. The minimum absolute atomic E-state index is 0.925. The molecule has 0 aliphatic carbocycles. The van der Waals surface area contributed by atoms with Gasteiger partial charge >= 0.3 is 0 Å². The van der Waals surface area contributed by atoms with Crippen molar-refractivity contribution in [3.63, 3.8) is 0 Å². The van der Waals surface area contributed by atoms with Crippen molar-refractivity contribution in [1.82, 2.24) is 5.32 Å². The van der Waals surface area contributed by atoms with Crippen molar-refractivity contribution < 1.29 is 0 Å². The van der Waals surface area contributed by atoms with Gasteiger partial charge in [0.1, 0.15) is 0 Å². The molecule has 1 nitrogen and oxygen atoms in total. The first kappa shape index (κ1) is 13.2. The first-order valence-electron chi connectivity index (χ1n) is 6.17. The zero-order valence-corrected chi connectivity index (χ0v) is 12.0. The van der Waals surface area contributed by atoms with Gasteiger partial charge in [-0.2, -0.15) is 0 Å². The molecule has 18 heavy (non-hydrogen) atoms. The minimum atomic E-state index is 0.925. The van der Waals surface area contributed by atoms with E-state index >= 15 is 0 Å². The smallest absolute Gasteiger partial charge is 0.0202 e. The van der Waals surface area contributed by atoms with Gasteiger partial charge in [-0.1, -0.05) is 41.6 Å². The molecule has 1 N–H and O–H groups in total. The minimum Gasteiger partial charge on any atom is -0.316 e. The van der Waals surface area contributed by atoms with Crippen LogP contribution in [0.4, 0.5) is 0 Å². The van der Waals surface area contributed by atoms with Crippen molar-refractivity contribution in [2.75, 3.05) is 7.05 Å². The Morgan fingerprint density at radius 2 is 1.72 bits per heavy atom. The van der Waals surface area contributed by atoms with Crippen LogP contribution >= 0.6 is 11.8 Å². The fourth-order valence-electron chi connectivity index (χ4n) is 1.92. The average Bonchev–Trinajstić information content (AvgIpc) is 2.35. The Labute approximate surface area is 114 Å². The molecule has 0 fully saturated rings. The lowest BCUT2D eigenvalue weighted by atomic mass is 10.2. The molecule has 0 spiro atoms. The molecule has 0 atom stereocenters. The summed E-state index contributed by atoms with van der Waals surface area (Å²) in [7, 11) is 1.97. The summed E-state index contributed by atoms with van der Waals surface area (Å²) in [6, 6.07) is 15.4. The highest BCUT2D eigenvalue weighted by molar-refractivity contribution is 7.99. The molecule has 2 rings (SSSR count). The quantitative estimate of drug-likeness (QED) is 0.882. The predicted octanol–water partition coefficient (Wildman–Crippen LogP) is 4.17. The van der Waals surface area contributed by atoms with Gasteiger partial charge in [0, 0.05) is 16.3 Å². The predicted molar refractivity (Wildman–Crippen MR) is 79.2 cm³/mol. The second-order valence-corrected chi connectivity index (χ2v) is 5.66. The lowest BCUT2D eigenvalue weighted by molar-refractivity contribution is 0.817. The molecule has 0 bridgehead atoms. The largest absolute Gasteiger partial charge is 0.316 e. The van der Waals surface area contributed by atoms with Crippen LogP contribution in [-0.2, 0) is 6.54 Å². The van der Waals surface area contributed by atoms with E-state index in [4.69, 9.17) is 0 Å². The highest BCUT2D eigenvalue weighted by atomic mass is 32.2. The van der Waals surface area contributed by atoms with Gasteiger partial charge in [0.25, 0.3) is 0 Å². The topological polar surface area (TPSA) is 12.0 Å². The van der Waals surface area contributed by atoms with E-state index in [1.165, 1.54) is 26.5 Å². The van der Waals surface area contributed by atoms with Gasteiger partial charge in [-0.3, -0.25) is 0 Å². The molecule has 0 aliphatic heterocycles. The van der Waals surface area contributed by atoms with E-state index in [9.17, 15) is 0 Å². The number of hydrogen-bond acceptors (Lipinski definition) is 2. The van der Waals surface area contributed by atoms with E-state index in [0.29, 0.717) is 0 Å². The SMILES string of the molecule is CNCc1ccc(Sc2ccc(C)cc2C)cc1. The number of aryl methyl sites for hydroxylation is 2. The van der Waals surface area contributed by atoms with E-state index in [2.05, 4.69) is 61.6 Å². The summed E-state index contributed by atoms with van der Waals surface area (Å²) in [6.07, 6.45) is 0. The summed E-state index contributed by atoms with van der Waals surface area (Å²) in [6.45, 7) is 5.23. The molecule has 0 saturated heterocycles. The number of rotatable bonds is 4. The highest BCUT2D eigenvalue weighted by Gasteiger charge is 2.01. The number of nitrogens with one attached hydrogen (secondary N) is 1. The van der Waals surface area contributed by atoms with E-state index in [1.807, 2.05) is 18.8 Å². The van der Waals surface area contributed by atoms with Crippen LogP contribution in [0.2, 0.25) is 0 Å². The zero-order chi connectivity index (χ0) is 13.0. The third kappa shape index (κ3) is 3.37.